The van der Waals surface area contributed by atoms with Gasteiger partial charge in [0.05, 0.1) is 17.5 Å². The molecule has 5 atom stereocenters. The second-order valence-electron chi connectivity index (χ2n) is 8.61. The summed E-state index contributed by atoms with van der Waals surface area (Å²) in [7, 11) is 0. The molecule has 1 heterocycles. The minimum Gasteiger partial charge on any atom is -0.480 e. The maximum Gasteiger partial charge on any atom is 0.238 e. The molecule has 2 fully saturated rings. The van der Waals surface area contributed by atoms with Gasteiger partial charge in [0.15, 0.2) is 6.10 Å². The van der Waals surface area contributed by atoms with Crippen LogP contribution in [0.4, 0.5) is 5.69 Å². The van der Waals surface area contributed by atoms with Crippen LogP contribution in [0.15, 0.2) is 54.6 Å². The molecule has 0 aromatic heterocycles. The second-order valence-corrected chi connectivity index (χ2v) is 9.05. The maximum atomic E-state index is 13.2. The van der Waals surface area contributed by atoms with Crippen molar-refractivity contribution in [2.75, 3.05) is 4.90 Å². The highest BCUT2D eigenvalue weighted by Gasteiger charge is 2.60. The van der Waals surface area contributed by atoms with Gasteiger partial charge >= 0.3 is 0 Å². The molecule has 2 amide bonds. The molecule has 0 radical (unpaired) electrons. The van der Waals surface area contributed by atoms with Crippen LogP contribution in [0, 0.1) is 30.6 Å². The normalized spacial score (nSPS) is 27.0. The number of ether oxygens (including phenoxy) is 1. The van der Waals surface area contributed by atoms with Gasteiger partial charge in [0.1, 0.15) is 5.75 Å². The minimum absolute atomic E-state index is 0.113. The van der Waals surface area contributed by atoms with Gasteiger partial charge in [0.2, 0.25) is 17.6 Å². The molecule has 2 aromatic carbocycles. The van der Waals surface area contributed by atoms with Gasteiger partial charge in [-0.05, 0) is 50.3 Å². The van der Waals surface area contributed by atoms with Gasteiger partial charge in [0, 0.05) is 10.6 Å². The van der Waals surface area contributed by atoms with E-state index in [9.17, 15) is 14.4 Å². The first kappa shape index (κ1) is 20.0. The van der Waals surface area contributed by atoms with Crippen molar-refractivity contribution in [3.63, 3.8) is 0 Å². The quantitative estimate of drug-likeness (QED) is 0.391. The number of anilines is 1. The third-order valence-electron chi connectivity index (χ3n) is 6.64. The zero-order valence-electron chi connectivity index (χ0n) is 17.2. The number of nitrogens with zero attached hydrogens (tertiary/aromatic N) is 1. The molecule has 1 saturated carbocycles. The smallest absolute Gasteiger partial charge is 0.238 e. The summed E-state index contributed by atoms with van der Waals surface area (Å²) in [6, 6.07) is 12.1. The maximum absolute atomic E-state index is 13.2. The van der Waals surface area contributed by atoms with Crippen molar-refractivity contribution in [2.45, 2.75) is 26.4 Å². The van der Waals surface area contributed by atoms with Gasteiger partial charge in [-0.15, -0.1) is 0 Å². The lowest BCUT2D eigenvalue weighted by molar-refractivity contribution is -0.123. The number of hydrogen-bond donors (Lipinski definition) is 0. The molecule has 31 heavy (non-hydrogen) atoms. The molecule has 6 heteroatoms. The van der Waals surface area contributed by atoms with Crippen LogP contribution in [0.1, 0.15) is 29.3 Å². The number of fused-ring (bicyclic) bond motifs is 5. The van der Waals surface area contributed by atoms with Crippen molar-refractivity contribution < 1.29 is 19.1 Å². The molecule has 158 valence electrons. The Morgan fingerprint density at radius 2 is 1.65 bits per heavy atom. The van der Waals surface area contributed by atoms with Gasteiger partial charge < -0.3 is 4.74 Å². The van der Waals surface area contributed by atoms with E-state index in [4.69, 9.17) is 16.3 Å². The Kier molecular flexibility index (Phi) is 4.74. The molecule has 0 unspecified atom stereocenters. The van der Waals surface area contributed by atoms with Crippen molar-refractivity contribution in [1.82, 2.24) is 0 Å². The van der Waals surface area contributed by atoms with Crippen molar-refractivity contribution in [2.24, 2.45) is 23.7 Å². The van der Waals surface area contributed by atoms with Crippen LogP contribution < -0.4 is 9.64 Å². The fourth-order valence-corrected chi connectivity index (χ4v) is 5.27. The molecule has 5 rings (SSSR count). The van der Waals surface area contributed by atoms with E-state index in [0.717, 1.165) is 12.0 Å². The Balaban J connectivity index is 1.44. The first-order valence-corrected chi connectivity index (χ1v) is 10.9. The Labute approximate surface area is 185 Å². The van der Waals surface area contributed by atoms with Crippen LogP contribution in [0.25, 0.3) is 0 Å². The molecule has 5 nitrogen and oxygen atoms in total. The highest BCUT2D eigenvalue weighted by atomic mass is 35.5. The second kappa shape index (κ2) is 7.34. The van der Waals surface area contributed by atoms with Crippen molar-refractivity contribution in [3.05, 3.63) is 70.8 Å². The van der Waals surface area contributed by atoms with Crippen LogP contribution in [0.5, 0.6) is 5.75 Å². The summed E-state index contributed by atoms with van der Waals surface area (Å²) in [4.78, 5) is 40.5. The Bertz CT molecular complexity index is 1090. The highest BCUT2D eigenvalue weighted by molar-refractivity contribution is 6.31. The van der Waals surface area contributed by atoms with Crippen molar-refractivity contribution in [3.8, 4) is 5.75 Å². The van der Waals surface area contributed by atoms with E-state index in [1.54, 1.807) is 37.3 Å². The van der Waals surface area contributed by atoms with Crippen LogP contribution in [-0.4, -0.2) is 23.7 Å². The lowest BCUT2D eigenvalue weighted by Gasteiger charge is -2.23. The number of carbonyl (C=O) groups excluding carboxylic acids is 3. The fourth-order valence-electron chi connectivity index (χ4n) is 5.10. The van der Waals surface area contributed by atoms with Gasteiger partial charge in [-0.3, -0.25) is 14.4 Å². The molecular formula is C25H22ClNO4. The van der Waals surface area contributed by atoms with E-state index in [-0.39, 0.29) is 41.3 Å². The summed E-state index contributed by atoms with van der Waals surface area (Å²) in [5, 5.41) is 0.388. The number of amides is 2. The van der Waals surface area contributed by atoms with E-state index in [0.29, 0.717) is 22.0 Å². The predicted octanol–water partition coefficient (Wildman–Crippen LogP) is 4.61. The molecule has 1 aliphatic heterocycles. The van der Waals surface area contributed by atoms with Gasteiger partial charge in [0.25, 0.3) is 0 Å². The molecule has 0 spiro atoms. The van der Waals surface area contributed by atoms with Gasteiger partial charge in [-0.1, -0.05) is 53.6 Å². The number of Topliss-reactive ketones (excluding diaryl/α,β-unsaturated/α-hetero) is 1. The molecule has 2 aliphatic carbocycles. The Hall–Kier alpha value is -2.92. The standard InChI is InChI=1S/C25H22ClNO4/c1-13-3-5-15(6-4-13)23(28)14(2)31-20-10-9-18(26)12-19(20)27-24(29)21-16-7-8-17(11-16)22(21)25(27)30/h3-10,12,14,16-17,21-22H,11H2,1-2H3/t14-,16-,17-,21-,22-/m0/s1. The first-order valence-electron chi connectivity index (χ1n) is 10.5. The van der Waals surface area contributed by atoms with Gasteiger partial charge in [-0.2, -0.15) is 0 Å². The third-order valence-corrected chi connectivity index (χ3v) is 6.88. The summed E-state index contributed by atoms with van der Waals surface area (Å²) in [6.07, 6.45) is 4.17. The van der Waals surface area contributed by atoms with E-state index in [1.807, 2.05) is 19.1 Å². The number of aryl methyl sites for hydroxylation is 1. The molecule has 1 saturated heterocycles. The summed E-state index contributed by atoms with van der Waals surface area (Å²) < 4.78 is 5.98. The summed E-state index contributed by atoms with van der Waals surface area (Å²) in [5.74, 6) is -0.725. The number of benzene rings is 2. The molecular weight excluding hydrogens is 414 g/mol. The first-order chi connectivity index (χ1) is 14.8. The van der Waals surface area contributed by atoms with Crippen molar-refractivity contribution in [1.29, 1.82) is 0 Å². The third kappa shape index (κ3) is 3.19. The van der Waals surface area contributed by atoms with E-state index < -0.39 is 6.10 Å². The lowest BCUT2D eigenvalue weighted by atomic mass is 9.85. The molecule has 2 bridgehead atoms. The van der Waals surface area contributed by atoms with E-state index in [2.05, 4.69) is 12.2 Å². The zero-order valence-corrected chi connectivity index (χ0v) is 18.0. The monoisotopic (exact) mass is 435 g/mol. The zero-order chi connectivity index (χ0) is 21.9. The Morgan fingerprint density at radius 1 is 1.03 bits per heavy atom. The number of halogens is 1. The predicted molar refractivity (Wildman–Crippen MR) is 117 cm³/mol. The van der Waals surface area contributed by atoms with Crippen LogP contribution in [0.2, 0.25) is 5.02 Å². The van der Waals surface area contributed by atoms with Crippen LogP contribution >= 0.6 is 11.6 Å². The van der Waals surface area contributed by atoms with Gasteiger partial charge in [-0.25, -0.2) is 4.90 Å². The summed E-state index contributed by atoms with van der Waals surface area (Å²) in [5.41, 5.74) is 1.91. The largest absolute Gasteiger partial charge is 0.480 e. The van der Waals surface area contributed by atoms with E-state index in [1.165, 1.54) is 4.90 Å². The SMILES string of the molecule is Cc1ccc(C(=O)[C@H](C)Oc2ccc(Cl)cc2N2C(=O)[C@@H]3[C@@H](C2=O)[C@H]2C=C[C@H]3C2)cc1. The number of rotatable bonds is 5. The minimum atomic E-state index is -0.798. The highest BCUT2D eigenvalue weighted by Crippen LogP contribution is 2.54. The summed E-state index contributed by atoms with van der Waals surface area (Å²) in [6.45, 7) is 3.61. The number of imide groups is 1. The number of carbonyl (C=O) groups is 3. The average Bonchev–Trinajstić information content (AvgIpc) is 3.43. The Morgan fingerprint density at radius 3 is 2.26 bits per heavy atom. The van der Waals surface area contributed by atoms with Crippen LogP contribution in [-0.2, 0) is 9.59 Å². The lowest BCUT2D eigenvalue weighted by Crippen LogP contribution is -2.34. The summed E-state index contributed by atoms with van der Waals surface area (Å²) >= 11 is 6.21. The van der Waals surface area contributed by atoms with Crippen LogP contribution in [0.3, 0.4) is 0 Å². The average molecular weight is 436 g/mol. The fraction of sp³-hybridized carbons (Fsp3) is 0.320. The number of hydrogen-bond acceptors (Lipinski definition) is 4. The number of allylic oxidation sites excluding steroid dienone is 2. The topological polar surface area (TPSA) is 63.7 Å². The molecule has 3 aliphatic rings. The van der Waals surface area contributed by atoms with Crippen molar-refractivity contribution >= 4 is 34.9 Å². The molecule has 2 aromatic rings. The van der Waals surface area contributed by atoms with E-state index >= 15 is 0 Å². The molecule has 0 N–H and O–H groups in total. The number of ketones is 1.